The lowest BCUT2D eigenvalue weighted by atomic mass is 9.86. The van der Waals surface area contributed by atoms with Crippen LogP contribution in [-0.2, 0) is 0 Å². The first-order chi connectivity index (χ1) is 15.9. The van der Waals surface area contributed by atoms with Crippen LogP contribution in [0.15, 0.2) is 133 Å². The third-order valence-corrected chi connectivity index (χ3v) is 5.72. The quantitative estimate of drug-likeness (QED) is 0.255. The van der Waals surface area contributed by atoms with Crippen molar-refractivity contribution in [1.29, 1.82) is 0 Å². The third-order valence-electron chi connectivity index (χ3n) is 5.72. The van der Waals surface area contributed by atoms with Gasteiger partial charge in [-0.25, -0.2) is 0 Å². The average molecular weight is 409 g/mol. The second-order valence-electron chi connectivity index (χ2n) is 7.79. The maximum atomic E-state index is 2.24. The van der Waals surface area contributed by atoms with Crippen LogP contribution in [0.25, 0.3) is 45.5 Å². The highest BCUT2D eigenvalue weighted by atomic mass is 14.2. The Morgan fingerprint density at radius 2 is 0.875 bits per heavy atom. The standard InChI is InChI=1S/C32H24/c1-4-13-25(14-5-1)23-24-27-17-10-11-20-29(27)31-22-12-21-30(26-15-6-2-7-16-26)32(31)28-18-8-3-9-19-28/h1-24H. The molecule has 0 aliphatic rings. The highest BCUT2D eigenvalue weighted by Crippen LogP contribution is 2.41. The molecule has 0 bridgehead atoms. The fourth-order valence-corrected chi connectivity index (χ4v) is 4.19. The Kier molecular flexibility index (Phi) is 5.76. The molecule has 0 aliphatic heterocycles. The van der Waals surface area contributed by atoms with Crippen molar-refractivity contribution in [3.05, 3.63) is 145 Å². The van der Waals surface area contributed by atoms with Crippen molar-refractivity contribution in [3.8, 4) is 33.4 Å². The van der Waals surface area contributed by atoms with Gasteiger partial charge in [0, 0.05) is 0 Å². The number of hydrogen-bond donors (Lipinski definition) is 0. The van der Waals surface area contributed by atoms with Crippen molar-refractivity contribution in [1.82, 2.24) is 0 Å². The predicted molar refractivity (Wildman–Crippen MR) is 138 cm³/mol. The lowest BCUT2D eigenvalue weighted by Crippen LogP contribution is -1.92. The summed E-state index contributed by atoms with van der Waals surface area (Å²) in [5, 5.41) is 0. The second kappa shape index (κ2) is 9.32. The molecule has 0 heteroatoms. The molecular formula is C32H24. The predicted octanol–water partition coefficient (Wildman–Crippen LogP) is 8.86. The highest BCUT2D eigenvalue weighted by Gasteiger charge is 2.15. The molecule has 0 fully saturated rings. The van der Waals surface area contributed by atoms with Crippen LogP contribution in [-0.4, -0.2) is 0 Å². The average Bonchev–Trinajstić information content (AvgIpc) is 2.89. The fraction of sp³-hybridized carbons (Fsp3) is 0. The van der Waals surface area contributed by atoms with Gasteiger partial charge in [0.1, 0.15) is 0 Å². The monoisotopic (exact) mass is 408 g/mol. The Bertz CT molecular complexity index is 1330. The van der Waals surface area contributed by atoms with E-state index in [1.807, 2.05) is 6.07 Å². The van der Waals surface area contributed by atoms with Gasteiger partial charge in [0.05, 0.1) is 0 Å². The van der Waals surface area contributed by atoms with Gasteiger partial charge in [0.15, 0.2) is 0 Å². The van der Waals surface area contributed by atoms with E-state index in [1.54, 1.807) is 0 Å². The van der Waals surface area contributed by atoms with Gasteiger partial charge in [0.2, 0.25) is 0 Å². The molecule has 0 saturated carbocycles. The van der Waals surface area contributed by atoms with Crippen molar-refractivity contribution < 1.29 is 0 Å². The summed E-state index contributed by atoms with van der Waals surface area (Å²) < 4.78 is 0. The summed E-state index contributed by atoms with van der Waals surface area (Å²) in [4.78, 5) is 0. The maximum Gasteiger partial charge on any atom is -0.00266 e. The first-order valence-corrected chi connectivity index (χ1v) is 11.0. The van der Waals surface area contributed by atoms with Gasteiger partial charge in [0.25, 0.3) is 0 Å². The summed E-state index contributed by atoms with van der Waals surface area (Å²) in [5.41, 5.74) is 9.84. The summed E-state index contributed by atoms with van der Waals surface area (Å²) in [5.74, 6) is 0. The lowest BCUT2D eigenvalue weighted by molar-refractivity contribution is 1.55. The van der Waals surface area contributed by atoms with E-state index >= 15 is 0 Å². The maximum absolute atomic E-state index is 2.24. The van der Waals surface area contributed by atoms with Gasteiger partial charge < -0.3 is 0 Å². The Balaban J connectivity index is 1.71. The van der Waals surface area contributed by atoms with Crippen molar-refractivity contribution >= 4 is 12.2 Å². The van der Waals surface area contributed by atoms with Gasteiger partial charge in [-0.15, -0.1) is 0 Å². The van der Waals surface area contributed by atoms with E-state index in [-0.39, 0.29) is 0 Å². The first-order valence-electron chi connectivity index (χ1n) is 11.0. The summed E-state index contributed by atoms with van der Waals surface area (Å²) in [6, 6.07) is 47.1. The Morgan fingerprint density at radius 3 is 1.59 bits per heavy atom. The number of hydrogen-bond acceptors (Lipinski definition) is 0. The summed E-state index contributed by atoms with van der Waals surface area (Å²) >= 11 is 0. The molecule has 0 atom stereocenters. The second-order valence-corrected chi connectivity index (χ2v) is 7.79. The molecule has 0 unspecified atom stereocenters. The minimum Gasteiger partial charge on any atom is -0.0622 e. The van der Waals surface area contributed by atoms with Gasteiger partial charge >= 0.3 is 0 Å². The van der Waals surface area contributed by atoms with Crippen molar-refractivity contribution in [3.63, 3.8) is 0 Å². The van der Waals surface area contributed by atoms with Crippen molar-refractivity contribution in [2.75, 3.05) is 0 Å². The molecule has 0 nitrogen and oxygen atoms in total. The molecule has 0 aromatic heterocycles. The molecule has 0 N–H and O–H groups in total. The Labute approximate surface area is 190 Å². The molecule has 32 heavy (non-hydrogen) atoms. The molecule has 0 amide bonds. The van der Waals surface area contributed by atoms with Crippen LogP contribution in [0.2, 0.25) is 0 Å². The molecular weight excluding hydrogens is 384 g/mol. The zero-order valence-electron chi connectivity index (χ0n) is 17.9. The largest absolute Gasteiger partial charge is 0.0622 e. The van der Waals surface area contributed by atoms with Crippen molar-refractivity contribution in [2.24, 2.45) is 0 Å². The van der Waals surface area contributed by atoms with Gasteiger partial charge in [-0.2, -0.15) is 0 Å². The smallest absolute Gasteiger partial charge is 0.00266 e. The normalized spacial score (nSPS) is 11.0. The SMILES string of the molecule is C(=Cc1ccccc1-c1cccc(-c2ccccc2)c1-c1ccccc1)c1ccccc1. The minimum absolute atomic E-state index is 1.20. The fourth-order valence-electron chi connectivity index (χ4n) is 4.19. The van der Waals surface area contributed by atoms with E-state index in [0.717, 1.165) is 0 Å². The first kappa shape index (κ1) is 19.8. The molecule has 0 radical (unpaired) electrons. The van der Waals surface area contributed by atoms with Gasteiger partial charge in [-0.1, -0.05) is 146 Å². The van der Waals surface area contributed by atoms with Crippen LogP contribution in [0, 0.1) is 0 Å². The molecule has 5 rings (SSSR count). The molecule has 0 saturated heterocycles. The molecule has 152 valence electrons. The molecule has 5 aromatic rings. The Morgan fingerprint density at radius 1 is 0.344 bits per heavy atom. The van der Waals surface area contributed by atoms with E-state index in [0.29, 0.717) is 0 Å². The summed E-state index contributed by atoms with van der Waals surface area (Å²) in [7, 11) is 0. The van der Waals surface area contributed by atoms with Crippen LogP contribution in [0.4, 0.5) is 0 Å². The zero-order valence-corrected chi connectivity index (χ0v) is 17.9. The highest BCUT2D eigenvalue weighted by molar-refractivity contribution is 5.96. The Hall–Kier alpha value is -4.16. The van der Waals surface area contributed by atoms with E-state index in [2.05, 4.69) is 140 Å². The third kappa shape index (κ3) is 4.17. The van der Waals surface area contributed by atoms with E-state index in [9.17, 15) is 0 Å². The van der Waals surface area contributed by atoms with Crippen LogP contribution >= 0.6 is 0 Å². The molecule has 0 aliphatic carbocycles. The minimum atomic E-state index is 1.20. The van der Waals surface area contributed by atoms with E-state index in [4.69, 9.17) is 0 Å². The topological polar surface area (TPSA) is 0 Å². The molecule has 0 heterocycles. The van der Waals surface area contributed by atoms with Crippen LogP contribution in [0.3, 0.4) is 0 Å². The van der Waals surface area contributed by atoms with E-state index in [1.165, 1.54) is 44.5 Å². The van der Waals surface area contributed by atoms with Crippen LogP contribution < -0.4 is 0 Å². The lowest BCUT2D eigenvalue weighted by Gasteiger charge is -2.17. The zero-order chi connectivity index (χ0) is 21.6. The number of benzene rings is 5. The molecule has 0 spiro atoms. The van der Waals surface area contributed by atoms with Gasteiger partial charge in [-0.3, -0.25) is 0 Å². The van der Waals surface area contributed by atoms with Gasteiger partial charge in [-0.05, 0) is 44.5 Å². The van der Waals surface area contributed by atoms with Crippen molar-refractivity contribution in [2.45, 2.75) is 0 Å². The number of rotatable bonds is 5. The summed E-state index contributed by atoms with van der Waals surface area (Å²) in [6.45, 7) is 0. The van der Waals surface area contributed by atoms with E-state index < -0.39 is 0 Å². The molecule has 5 aromatic carbocycles. The summed E-state index contributed by atoms with van der Waals surface area (Å²) in [6.07, 6.45) is 4.40. The van der Waals surface area contributed by atoms with Crippen LogP contribution in [0.1, 0.15) is 11.1 Å². The van der Waals surface area contributed by atoms with Crippen LogP contribution in [0.5, 0.6) is 0 Å².